The third-order valence-electron chi connectivity index (χ3n) is 2.97. The van der Waals surface area contributed by atoms with E-state index < -0.39 is 0 Å². The lowest BCUT2D eigenvalue weighted by Crippen LogP contribution is -2.00. The van der Waals surface area contributed by atoms with E-state index in [0.717, 1.165) is 11.3 Å². The van der Waals surface area contributed by atoms with Gasteiger partial charge in [-0.05, 0) is 30.3 Å². The Balaban J connectivity index is 1.96. The first kappa shape index (κ1) is 14.3. The van der Waals surface area contributed by atoms with Crippen LogP contribution in [0.3, 0.4) is 0 Å². The SMILES string of the molecule is COc1c[c]ccc1Nc1ncc(Cl)c(-c2cccnc2)n1. The molecule has 3 aromatic rings. The first-order chi connectivity index (χ1) is 10.8. The molecule has 0 saturated carbocycles. The Hall–Kier alpha value is -2.66. The number of ether oxygens (including phenoxy) is 1. The molecule has 0 atom stereocenters. The van der Waals surface area contributed by atoms with Crippen LogP contribution in [-0.2, 0) is 0 Å². The molecule has 0 fully saturated rings. The van der Waals surface area contributed by atoms with E-state index in [9.17, 15) is 0 Å². The van der Waals surface area contributed by atoms with Crippen molar-refractivity contribution in [3.05, 3.63) is 60.0 Å². The summed E-state index contributed by atoms with van der Waals surface area (Å²) in [6.45, 7) is 0. The standard InChI is InChI=1S/C16H12ClN4O/c1-22-14-7-3-2-6-13(14)20-16-19-10-12(17)15(21-16)11-5-4-8-18-9-11/h2,4-10H,1H3,(H,19,20,21). The van der Waals surface area contributed by atoms with E-state index in [1.165, 1.54) is 0 Å². The molecule has 22 heavy (non-hydrogen) atoms. The third kappa shape index (κ3) is 2.99. The molecule has 0 bridgehead atoms. The van der Waals surface area contributed by atoms with E-state index in [1.54, 1.807) is 37.8 Å². The minimum atomic E-state index is 0.424. The Morgan fingerprint density at radius 1 is 1.27 bits per heavy atom. The number of rotatable bonds is 4. The summed E-state index contributed by atoms with van der Waals surface area (Å²) in [6, 6.07) is 12.0. The average Bonchev–Trinajstić information content (AvgIpc) is 2.58. The van der Waals surface area contributed by atoms with Gasteiger partial charge in [-0.25, -0.2) is 9.97 Å². The molecule has 6 heteroatoms. The van der Waals surface area contributed by atoms with Crippen LogP contribution in [0.25, 0.3) is 11.3 Å². The normalized spacial score (nSPS) is 10.3. The predicted molar refractivity (Wildman–Crippen MR) is 85.4 cm³/mol. The van der Waals surface area contributed by atoms with Crippen molar-refractivity contribution in [2.24, 2.45) is 0 Å². The monoisotopic (exact) mass is 311 g/mol. The van der Waals surface area contributed by atoms with Crippen LogP contribution in [0.4, 0.5) is 11.6 Å². The molecule has 0 aliphatic heterocycles. The molecule has 0 aliphatic rings. The van der Waals surface area contributed by atoms with E-state index in [0.29, 0.717) is 22.4 Å². The second-order valence-corrected chi connectivity index (χ2v) is 4.79. The zero-order chi connectivity index (χ0) is 15.4. The first-order valence-electron chi connectivity index (χ1n) is 6.52. The van der Waals surface area contributed by atoms with Crippen LogP contribution in [0.1, 0.15) is 0 Å². The summed E-state index contributed by atoms with van der Waals surface area (Å²) in [5, 5.41) is 3.58. The zero-order valence-electron chi connectivity index (χ0n) is 11.7. The van der Waals surface area contributed by atoms with Crippen molar-refractivity contribution in [3.8, 4) is 17.0 Å². The predicted octanol–water partition coefficient (Wildman–Crippen LogP) is 3.74. The van der Waals surface area contributed by atoms with Crippen LogP contribution in [0, 0.1) is 6.07 Å². The zero-order valence-corrected chi connectivity index (χ0v) is 12.5. The second-order valence-electron chi connectivity index (χ2n) is 4.38. The fourth-order valence-electron chi connectivity index (χ4n) is 1.94. The molecular weight excluding hydrogens is 300 g/mol. The minimum Gasteiger partial charge on any atom is -0.495 e. The van der Waals surface area contributed by atoms with E-state index in [4.69, 9.17) is 16.3 Å². The lowest BCUT2D eigenvalue weighted by molar-refractivity contribution is 0.416. The summed E-state index contributed by atoms with van der Waals surface area (Å²) in [7, 11) is 1.60. The maximum Gasteiger partial charge on any atom is 0.227 e. The van der Waals surface area contributed by atoms with Gasteiger partial charge < -0.3 is 10.1 Å². The van der Waals surface area contributed by atoms with Crippen LogP contribution in [0.15, 0.2) is 48.9 Å². The molecule has 2 heterocycles. The summed E-state index contributed by atoms with van der Waals surface area (Å²) in [4.78, 5) is 12.7. The number of methoxy groups -OCH3 is 1. The van der Waals surface area contributed by atoms with Crippen molar-refractivity contribution in [2.45, 2.75) is 0 Å². The molecule has 0 unspecified atom stereocenters. The van der Waals surface area contributed by atoms with E-state index >= 15 is 0 Å². The molecule has 1 aromatic carbocycles. The lowest BCUT2D eigenvalue weighted by Gasteiger charge is -2.10. The fourth-order valence-corrected chi connectivity index (χ4v) is 2.14. The Bertz CT molecular complexity index is 780. The van der Waals surface area contributed by atoms with Crippen molar-refractivity contribution >= 4 is 23.2 Å². The van der Waals surface area contributed by atoms with E-state index in [2.05, 4.69) is 26.3 Å². The molecule has 3 rings (SSSR count). The fraction of sp³-hybridized carbons (Fsp3) is 0.0625. The van der Waals surface area contributed by atoms with Crippen LogP contribution < -0.4 is 10.1 Å². The molecule has 0 spiro atoms. The number of pyridine rings is 1. The second kappa shape index (κ2) is 6.41. The number of hydrogen-bond acceptors (Lipinski definition) is 5. The van der Waals surface area contributed by atoms with Gasteiger partial charge in [0.1, 0.15) is 5.75 Å². The van der Waals surface area contributed by atoms with Crippen LogP contribution in [0.2, 0.25) is 5.02 Å². The molecule has 2 aromatic heterocycles. The molecular formula is C16H12ClN4O. The van der Waals surface area contributed by atoms with Gasteiger partial charge in [-0.3, -0.25) is 4.98 Å². The van der Waals surface area contributed by atoms with Crippen molar-refractivity contribution in [2.75, 3.05) is 12.4 Å². The molecule has 109 valence electrons. The molecule has 1 radical (unpaired) electrons. The summed E-state index contributed by atoms with van der Waals surface area (Å²) in [5.74, 6) is 1.08. The van der Waals surface area contributed by atoms with Gasteiger partial charge >= 0.3 is 0 Å². The highest BCUT2D eigenvalue weighted by Crippen LogP contribution is 2.29. The number of halogens is 1. The van der Waals surface area contributed by atoms with Crippen molar-refractivity contribution in [3.63, 3.8) is 0 Å². The first-order valence-corrected chi connectivity index (χ1v) is 6.90. The van der Waals surface area contributed by atoms with Gasteiger partial charge in [0.2, 0.25) is 5.95 Å². The largest absolute Gasteiger partial charge is 0.495 e. The topological polar surface area (TPSA) is 59.9 Å². The van der Waals surface area contributed by atoms with Gasteiger partial charge in [0.05, 0.1) is 29.7 Å². The van der Waals surface area contributed by atoms with Crippen molar-refractivity contribution in [1.29, 1.82) is 0 Å². The van der Waals surface area contributed by atoms with Gasteiger partial charge in [0.15, 0.2) is 0 Å². The van der Waals surface area contributed by atoms with Gasteiger partial charge in [0, 0.05) is 18.0 Å². The number of nitrogens with zero attached hydrogens (tertiary/aromatic N) is 3. The molecule has 0 saturated heterocycles. The number of benzene rings is 1. The maximum absolute atomic E-state index is 6.18. The number of anilines is 2. The lowest BCUT2D eigenvalue weighted by atomic mass is 10.2. The molecule has 5 nitrogen and oxygen atoms in total. The Labute approximate surface area is 133 Å². The number of aromatic nitrogens is 3. The average molecular weight is 312 g/mol. The Morgan fingerprint density at radius 3 is 2.95 bits per heavy atom. The van der Waals surface area contributed by atoms with Crippen LogP contribution in [-0.4, -0.2) is 22.1 Å². The van der Waals surface area contributed by atoms with Gasteiger partial charge in [-0.1, -0.05) is 17.7 Å². The summed E-state index contributed by atoms with van der Waals surface area (Å²) in [6.07, 6.45) is 4.96. The number of hydrogen-bond donors (Lipinski definition) is 1. The molecule has 0 aliphatic carbocycles. The van der Waals surface area contributed by atoms with Crippen LogP contribution >= 0.6 is 11.6 Å². The minimum absolute atomic E-state index is 0.424. The molecule has 0 amide bonds. The van der Waals surface area contributed by atoms with Gasteiger partial charge in [0.25, 0.3) is 0 Å². The Kier molecular flexibility index (Phi) is 4.16. The highest BCUT2D eigenvalue weighted by molar-refractivity contribution is 6.32. The molecule has 1 N–H and O–H groups in total. The third-order valence-corrected chi connectivity index (χ3v) is 3.25. The Morgan fingerprint density at radius 2 is 2.18 bits per heavy atom. The quantitative estimate of drug-likeness (QED) is 0.795. The van der Waals surface area contributed by atoms with Crippen molar-refractivity contribution < 1.29 is 4.74 Å². The smallest absolute Gasteiger partial charge is 0.227 e. The van der Waals surface area contributed by atoms with Crippen molar-refractivity contribution in [1.82, 2.24) is 15.0 Å². The van der Waals surface area contributed by atoms with Gasteiger partial charge in [-0.15, -0.1) is 0 Å². The maximum atomic E-state index is 6.18. The van der Waals surface area contributed by atoms with Crippen LogP contribution in [0.5, 0.6) is 5.75 Å². The highest BCUT2D eigenvalue weighted by atomic mass is 35.5. The van der Waals surface area contributed by atoms with Gasteiger partial charge in [-0.2, -0.15) is 0 Å². The number of nitrogens with one attached hydrogen (secondary N) is 1. The summed E-state index contributed by atoms with van der Waals surface area (Å²) < 4.78 is 5.27. The summed E-state index contributed by atoms with van der Waals surface area (Å²) in [5.41, 5.74) is 2.20. The summed E-state index contributed by atoms with van der Waals surface area (Å²) >= 11 is 6.18. The van der Waals surface area contributed by atoms with E-state index in [-0.39, 0.29) is 0 Å². The highest BCUT2D eigenvalue weighted by Gasteiger charge is 2.10. The van der Waals surface area contributed by atoms with E-state index in [1.807, 2.05) is 18.2 Å².